The van der Waals surface area contributed by atoms with Gasteiger partial charge in [0.2, 0.25) is 17.7 Å². The number of rotatable bonds is 6. The molecule has 4 rings (SSSR count). The lowest BCUT2D eigenvalue weighted by atomic mass is 10.2. The van der Waals surface area contributed by atoms with Gasteiger partial charge in [-0.15, -0.1) is 0 Å². The predicted molar refractivity (Wildman–Crippen MR) is 107 cm³/mol. The van der Waals surface area contributed by atoms with Gasteiger partial charge in [-0.1, -0.05) is 0 Å². The lowest BCUT2D eigenvalue weighted by Crippen LogP contribution is -2.05. The SMILES string of the molecule is COc1ccc(Nc2nc(Nc3ccc4[nH]nc(C)c4c3)ncc2F)c(OC)n1. The van der Waals surface area contributed by atoms with Gasteiger partial charge < -0.3 is 20.1 Å². The van der Waals surface area contributed by atoms with Crippen LogP contribution in [0.4, 0.5) is 27.5 Å². The minimum absolute atomic E-state index is 0.0201. The van der Waals surface area contributed by atoms with Crippen LogP contribution in [0.1, 0.15) is 5.69 Å². The van der Waals surface area contributed by atoms with Gasteiger partial charge in [0.05, 0.1) is 31.6 Å². The van der Waals surface area contributed by atoms with Crippen molar-refractivity contribution in [2.24, 2.45) is 0 Å². The smallest absolute Gasteiger partial charge is 0.240 e. The predicted octanol–water partition coefficient (Wildman–Crippen LogP) is 3.70. The van der Waals surface area contributed by atoms with E-state index in [4.69, 9.17) is 9.47 Å². The highest BCUT2D eigenvalue weighted by atomic mass is 19.1. The Balaban J connectivity index is 1.61. The van der Waals surface area contributed by atoms with Gasteiger partial charge in [-0.05, 0) is 31.2 Å². The first kappa shape index (κ1) is 18.4. The van der Waals surface area contributed by atoms with E-state index in [1.165, 1.54) is 14.2 Å². The number of pyridine rings is 1. The first-order chi connectivity index (χ1) is 14.1. The number of halogens is 1. The Hall–Kier alpha value is -3.95. The minimum atomic E-state index is -0.616. The van der Waals surface area contributed by atoms with E-state index < -0.39 is 5.82 Å². The fourth-order valence-electron chi connectivity index (χ4n) is 2.78. The van der Waals surface area contributed by atoms with Crippen LogP contribution in [0, 0.1) is 12.7 Å². The summed E-state index contributed by atoms with van der Waals surface area (Å²) in [6, 6.07) is 8.97. The maximum atomic E-state index is 14.3. The van der Waals surface area contributed by atoms with Gasteiger partial charge >= 0.3 is 0 Å². The molecule has 4 aromatic rings. The van der Waals surface area contributed by atoms with Crippen molar-refractivity contribution in [2.75, 3.05) is 24.9 Å². The molecule has 9 nitrogen and oxygen atoms in total. The number of nitrogens with zero attached hydrogens (tertiary/aromatic N) is 4. The van der Waals surface area contributed by atoms with Crippen molar-refractivity contribution < 1.29 is 13.9 Å². The van der Waals surface area contributed by atoms with Gasteiger partial charge in [-0.2, -0.15) is 15.1 Å². The van der Waals surface area contributed by atoms with Crippen molar-refractivity contribution in [2.45, 2.75) is 6.92 Å². The first-order valence-electron chi connectivity index (χ1n) is 8.67. The Morgan fingerprint density at radius 3 is 2.69 bits per heavy atom. The largest absolute Gasteiger partial charge is 0.481 e. The van der Waals surface area contributed by atoms with Crippen LogP contribution >= 0.6 is 0 Å². The van der Waals surface area contributed by atoms with Crippen LogP contribution in [0.2, 0.25) is 0 Å². The van der Waals surface area contributed by atoms with Gasteiger partial charge in [0.15, 0.2) is 11.6 Å². The summed E-state index contributed by atoms with van der Waals surface area (Å²) in [7, 11) is 2.96. The fraction of sp³-hybridized carbons (Fsp3) is 0.158. The molecule has 0 unspecified atom stereocenters. The lowest BCUT2D eigenvalue weighted by Gasteiger charge is -2.12. The van der Waals surface area contributed by atoms with Crippen LogP contribution in [0.5, 0.6) is 11.8 Å². The molecule has 0 spiro atoms. The summed E-state index contributed by atoms with van der Waals surface area (Å²) in [5, 5.41) is 14.1. The summed E-state index contributed by atoms with van der Waals surface area (Å²) in [4.78, 5) is 12.4. The standard InChI is InChI=1S/C19H18FN7O2/c1-10-12-8-11(4-5-14(12)27-26-10)22-19-21-9-13(20)17(25-19)23-15-6-7-16(28-2)24-18(15)29-3/h4-9H,1-3H3,(H,26,27)(H2,21,22,23,25). The Morgan fingerprint density at radius 1 is 1.03 bits per heavy atom. The molecule has 3 N–H and O–H groups in total. The molecule has 3 aromatic heterocycles. The molecule has 29 heavy (non-hydrogen) atoms. The highest BCUT2D eigenvalue weighted by molar-refractivity contribution is 5.85. The number of nitrogens with one attached hydrogen (secondary N) is 3. The summed E-state index contributed by atoms with van der Waals surface area (Å²) in [5.74, 6) is 0.221. The van der Waals surface area contributed by atoms with Gasteiger partial charge in [0, 0.05) is 17.1 Å². The lowest BCUT2D eigenvalue weighted by molar-refractivity contribution is 0.366. The zero-order valence-corrected chi connectivity index (χ0v) is 15.9. The van der Waals surface area contributed by atoms with Crippen LogP contribution in [-0.4, -0.2) is 39.4 Å². The van der Waals surface area contributed by atoms with E-state index >= 15 is 0 Å². The number of anilines is 4. The number of methoxy groups -OCH3 is 2. The molecule has 3 heterocycles. The monoisotopic (exact) mass is 395 g/mol. The van der Waals surface area contributed by atoms with E-state index in [9.17, 15) is 4.39 Å². The van der Waals surface area contributed by atoms with Crippen molar-refractivity contribution in [3.8, 4) is 11.8 Å². The molecule has 0 radical (unpaired) electrons. The Kier molecular flexibility index (Phi) is 4.82. The molecular formula is C19H18FN7O2. The van der Waals surface area contributed by atoms with Crippen LogP contribution in [-0.2, 0) is 0 Å². The number of hydrogen-bond acceptors (Lipinski definition) is 8. The fourth-order valence-corrected chi connectivity index (χ4v) is 2.78. The normalized spacial score (nSPS) is 10.8. The molecule has 0 aliphatic carbocycles. The maximum Gasteiger partial charge on any atom is 0.240 e. The molecule has 0 aliphatic rings. The summed E-state index contributed by atoms with van der Waals surface area (Å²) >= 11 is 0. The number of fused-ring (bicyclic) bond motifs is 1. The first-order valence-corrected chi connectivity index (χ1v) is 8.67. The van der Waals surface area contributed by atoms with Crippen LogP contribution in [0.25, 0.3) is 10.9 Å². The average molecular weight is 395 g/mol. The number of aromatic nitrogens is 5. The molecule has 0 amide bonds. The third-order valence-corrected chi connectivity index (χ3v) is 4.24. The molecular weight excluding hydrogens is 377 g/mol. The summed E-state index contributed by atoms with van der Waals surface area (Å²) in [6.45, 7) is 1.91. The van der Waals surface area contributed by atoms with Crippen molar-refractivity contribution in [1.29, 1.82) is 0 Å². The molecule has 0 saturated heterocycles. The third-order valence-electron chi connectivity index (χ3n) is 4.24. The molecule has 148 valence electrons. The molecule has 0 aliphatic heterocycles. The summed E-state index contributed by atoms with van der Waals surface area (Å²) in [5.41, 5.74) is 3.00. The quantitative estimate of drug-likeness (QED) is 0.453. The molecule has 10 heteroatoms. The van der Waals surface area contributed by atoms with Crippen molar-refractivity contribution in [1.82, 2.24) is 25.1 Å². The third kappa shape index (κ3) is 3.72. The van der Waals surface area contributed by atoms with E-state index in [0.29, 0.717) is 11.6 Å². The molecule has 0 saturated carbocycles. The number of aryl methyl sites for hydroxylation is 1. The van der Waals surface area contributed by atoms with Crippen LogP contribution in [0.3, 0.4) is 0 Å². The number of hydrogen-bond donors (Lipinski definition) is 3. The number of aromatic amines is 1. The topological polar surface area (TPSA) is 110 Å². The van der Waals surface area contributed by atoms with Gasteiger partial charge in [0.1, 0.15) is 5.69 Å². The van der Waals surface area contributed by atoms with Gasteiger partial charge in [0.25, 0.3) is 0 Å². The highest BCUT2D eigenvalue weighted by Gasteiger charge is 2.13. The number of ether oxygens (including phenoxy) is 2. The number of benzene rings is 1. The maximum absolute atomic E-state index is 14.3. The molecule has 0 fully saturated rings. The second kappa shape index (κ2) is 7.58. The van der Waals surface area contributed by atoms with Crippen LogP contribution < -0.4 is 20.1 Å². The molecule has 0 bridgehead atoms. The molecule has 0 atom stereocenters. The van der Waals surface area contributed by atoms with Crippen molar-refractivity contribution in [3.05, 3.63) is 48.0 Å². The van der Waals surface area contributed by atoms with Gasteiger partial charge in [-0.25, -0.2) is 9.37 Å². The highest BCUT2D eigenvalue weighted by Crippen LogP contribution is 2.29. The Morgan fingerprint density at radius 2 is 1.90 bits per heavy atom. The average Bonchev–Trinajstić information content (AvgIpc) is 3.11. The Bertz CT molecular complexity index is 1180. The van der Waals surface area contributed by atoms with Crippen LogP contribution in [0.15, 0.2) is 36.5 Å². The van der Waals surface area contributed by atoms with Crippen molar-refractivity contribution in [3.63, 3.8) is 0 Å². The second-order valence-corrected chi connectivity index (χ2v) is 6.12. The zero-order valence-electron chi connectivity index (χ0n) is 15.9. The zero-order chi connectivity index (χ0) is 20.4. The summed E-state index contributed by atoms with van der Waals surface area (Å²) < 4.78 is 24.6. The summed E-state index contributed by atoms with van der Waals surface area (Å²) in [6.07, 6.45) is 1.09. The van der Waals surface area contributed by atoms with Crippen molar-refractivity contribution >= 4 is 34.0 Å². The van der Waals surface area contributed by atoms with E-state index in [1.54, 1.807) is 12.1 Å². The number of H-pyrrole nitrogens is 1. The minimum Gasteiger partial charge on any atom is -0.481 e. The second-order valence-electron chi connectivity index (χ2n) is 6.12. The molecule has 1 aromatic carbocycles. The van der Waals surface area contributed by atoms with Gasteiger partial charge in [-0.3, -0.25) is 5.10 Å². The van der Waals surface area contributed by atoms with E-state index in [1.807, 2.05) is 25.1 Å². The van der Waals surface area contributed by atoms with E-state index in [2.05, 4.69) is 35.8 Å². The van der Waals surface area contributed by atoms with E-state index in [0.717, 1.165) is 28.5 Å². The van der Waals surface area contributed by atoms with E-state index in [-0.39, 0.29) is 17.6 Å². The Labute approximate surface area is 165 Å².